The van der Waals surface area contributed by atoms with Gasteiger partial charge in [-0.15, -0.1) is 5.10 Å². The third-order valence-corrected chi connectivity index (χ3v) is 7.31. The van der Waals surface area contributed by atoms with Crippen molar-refractivity contribution in [3.8, 4) is 5.75 Å². The topological polar surface area (TPSA) is 169 Å². The maximum Gasteiger partial charge on any atom is 0.491 e. The number of piperidine rings is 1. The Morgan fingerprint density at radius 3 is 2.66 bits per heavy atom. The normalized spacial score (nSPS) is 22.1. The van der Waals surface area contributed by atoms with Crippen molar-refractivity contribution in [2.24, 2.45) is 5.92 Å². The van der Waals surface area contributed by atoms with Crippen LogP contribution in [0.4, 0.5) is 18.9 Å². The van der Waals surface area contributed by atoms with Gasteiger partial charge in [0.15, 0.2) is 0 Å². The van der Waals surface area contributed by atoms with E-state index in [1.54, 1.807) is 0 Å². The number of aliphatic carboxylic acids is 1. The first-order valence-corrected chi connectivity index (χ1v) is 12.1. The molecule has 1 aromatic heterocycles. The molecule has 3 atom stereocenters. The van der Waals surface area contributed by atoms with E-state index in [4.69, 9.17) is 0 Å². The van der Waals surface area contributed by atoms with E-state index in [2.05, 4.69) is 30.9 Å². The van der Waals surface area contributed by atoms with Crippen molar-refractivity contribution in [1.29, 1.82) is 0 Å². The molecule has 2 aromatic rings. The third kappa shape index (κ3) is 4.69. The van der Waals surface area contributed by atoms with Crippen LogP contribution in [0.3, 0.4) is 0 Å². The summed E-state index contributed by atoms with van der Waals surface area (Å²) in [5.74, 6) is -4.59. The van der Waals surface area contributed by atoms with E-state index in [9.17, 15) is 37.5 Å². The van der Waals surface area contributed by atoms with Gasteiger partial charge in [0.1, 0.15) is 24.0 Å². The molecule has 0 bridgehead atoms. The molecule has 0 aliphatic carbocycles. The fourth-order valence-electron chi connectivity index (χ4n) is 4.73. The van der Waals surface area contributed by atoms with Crippen molar-refractivity contribution < 1.29 is 42.2 Å². The Balaban J connectivity index is 1.21. The average Bonchev–Trinajstić information content (AvgIpc) is 3.43. The zero-order valence-electron chi connectivity index (χ0n) is 19.1. The van der Waals surface area contributed by atoms with Gasteiger partial charge in [-0.1, -0.05) is 11.8 Å². The van der Waals surface area contributed by atoms with Crippen molar-refractivity contribution >= 4 is 41.2 Å². The first kappa shape index (κ1) is 25.7. The van der Waals surface area contributed by atoms with Gasteiger partial charge < -0.3 is 20.5 Å². The highest BCUT2D eigenvalue weighted by Gasteiger charge is 2.60. The number of carbonyl (C=O) groups excluding carboxylic acids is 3. The Bertz CT molecular complexity index is 1350. The Kier molecular flexibility index (Phi) is 6.56. The minimum atomic E-state index is -5.14. The number of alkyl halides is 3. The number of nitrogens with one attached hydrogen (secondary N) is 2. The number of halogens is 3. The number of nitrogens with zero attached hydrogens (tertiary/aromatic N) is 5. The lowest BCUT2D eigenvalue weighted by molar-refractivity contribution is -0.189. The molecule has 200 valence electrons. The molecule has 17 heteroatoms. The monoisotopic (exact) mass is 553 g/mol. The van der Waals surface area contributed by atoms with Gasteiger partial charge in [-0.2, -0.15) is 13.2 Å². The van der Waals surface area contributed by atoms with Crippen LogP contribution in [0.1, 0.15) is 6.42 Å². The van der Waals surface area contributed by atoms with Crippen LogP contribution in [0.15, 0.2) is 40.7 Å². The molecule has 0 spiro atoms. The lowest BCUT2D eigenvalue weighted by atomic mass is 9.80. The SMILES string of the molecule is O=C(Cn1nnnc1SCC1=C(C(=O)O)N2C(=O)[C@H]3NCCC1[C@H]32)Nc1ccc(OC(=O)C(F)(F)F)cc1. The van der Waals surface area contributed by atoms with Crippen LogP contribution in [0.2, 0.25) is 0 Å². The Labute approximate surface area is 215 Å². The summed E-state index contributed by atoms with van der Waals surface area (Å²) in [7, 11) is 0. The lowest BCUT2D eigenvalue weighted by Crippen LogP contribution is -2.71. The van der Waals surface area contributed by atoms with E-state index in [0.717, 1.165) is 23.9 Å². The highest BCUT2D eigenvalue weighted by atomic mass is 32.2. The van der Waals surface area contributed by atoms with Gasteiger partial charge in [0.25, 0.3) is 0 Å². The van der Waals surface area contributed by atoms with Gasteiger partial charge in [-0.3, -0.25) is 14.5 Å². The minimum absolute atomic E-state index is 0.0152. The molecular weight excluding hydrogens is 535 g/mol. The van der Waals surface area contributed by atoms with Gasteiger partial charge in [0.2, 0.25) is 17.0 Å². The van der Waals surface area contributed by atoms with Crippen LogP contribution in [0.5, 0.6) is 5.75 Å². The summed E-state index contributed by atoms with van der Waals surface area (Å²) in [5, 5.41) is 26.9. The summed E-state index contributed by atoms with van der Waals surface area (Å²) in [6, 6.07) is 4.08. The predicted molar refractivity (Wildman–Crippen MR) is 120 cm³/mol. The summed E-state index contributed by atoms with van der Waals surface area (Å²) in [6.07, 6.45) is -4.46. The highest BCUT2D eigenvalue weighted by Crippen LogP contribution is 2.47. The fourth-order valence-corrected chi connectivity index (χ4v) is 5.71. The number of tetrazole rings is 1. The fraction of sp³-hybridized carbons (Fsp3) is 0.381. The zero-order valence-corrected chi connectivity index (χ0v) is 20.0. The second-order valence-corrected chi connectivity index (χ2v) is 9.51. The first-order valence-electron chi connectivity index (χ1n) is 11.1. The lowest BCUT2D eigenvalue weighted by Gasteiger charge is -2.48. The second kappa shape index (κ2) is 9.71. The van der Waals surface area contributed by atoms with Crippen molar-refractivity contribution in [2.75, 3.05) is 17.6 Å². The Hall–Kier alpha value is -3.99. The van der Waals surface area contributed by atoms with Crippen molar-refractivity contribution in [3.63, 3.8) is 0 Å². The molecule has 0 radical (unpaired) electrons. The smallest absolute Gasteiger partial charge is 0.477 e. The van der Waals surface area contributed by atoms with E-state index in [0.29, 0.717) is 18.5 Å². The van der Waals surface area contributed by atoms with E-state index in [1.807, 2.05) is 0 Å². The number of anilines is 1. The molecule has 0 saturated carbocycles. The second-order valence-electron chi connectivity index (χ2n) is 8.57. The molecule has 13 nitrogen and oxygen atoms in total. The molecule has 5 rings (SSSR count). The van der Waals surface area contributed by atoms with Gasteiger partial charge in [0, 0.05) is 17.4 Å². The summed E-state index contributed by atoms with van der Waals surface area (Å²) in [6.45, 7) is 0.282. The molecule has 3 aliphatic heterocycles. The zero-order chi connectivity index (χ0) is 27.2. The highest BCUT2D eigenvalue weighted by molar-refractivity contribution is 7.99. The molecule has 3 aliphatic rings. The van der Waals surface area contributed by atoms with Crippen molar-refractivity contribution in [1.82, 2.24) is 30.4 Å². The number of carboxylic acids is 1. The minimum Gasteiger partial charge on any atom is -0.477 e. The number of esters is 1. The molecule has 1 aromatic carbocycles. The van der Waals surface area contributed by atoms with E-state index >= 15 is 0 Å². The maximum absolute atomic E-state index is 12.5. The van der Waals surface area contributed by atoms with Crippen LogP contribution in [-0.4, -0.2) is 84.5 Å². The number of rotatable bonds is 8. The van der Waals surface area contributed by atoms with Crippen molar-refractivity contribution in [2.45, 2.75) is 36.4 Å². The number of thioether (sulfide) groups is 1. The first-order chi connectivity index (χ1) is 18.0. The number of hydrogen-bond donors (Lipinski definition) is 3. The number of amides is 2. The van der Waals surface area contributed by atoms with Crippen LogP contribution >= 0.6 is 11.8 Å². The number of carbonyl (C=O) groups is 4. The molecule has 2 fully saturated rings. The van der Waals surface area contributed by atoms with Crippen LogP contribution < -0.4 is 15.4 Å². The molecule has 3 N–H and O–H groups in total. The van der Waals surface area contributed by atoms with Gasteiger partial charge >= 0.3 is 18.1 Å². The summed E-state index contributed by atoms with van der Waals surface area (Å²) >= 11 is 1.13. The summed E-state index contributed by atoms with van der Waals surface area (Å²) in [4.78, 5) is 49.1. The maximum atomic E-state index is 12.5. The van der Waals surface area contributed by atoms with E-state index in [1.165, 1.54) is 21.7 Å². The van der Waals surface area contributed by atoms with E-state index < -0.39 is 24.0 Å². The number of hydrogen-bond acceptors (Lipinski definition) is 10. The quantitative estimate of drug-likeness (QED) is 0.179. The number of ether oxygens (including phenoxy) is 1. The molecule has 38 heavy (non-hydrogen) atoms. The molecule has 2 saturated heterocycles. The van der Waals surface area contributed by atoms with Gasteiger partial charge in [-0.25, -0.2) is 14.3 Å². The largest absolute Gasteiger partial charge is 0.491 e. The number of carboxylic acid groups (broad SMARTS) is 1. The Morgan fingerprint density at radius 2 is 1.97 bits per heavy atom. The molecule has 2 amide bonds. The molecule has 1 unspecified atom stereocenters. The number of benzene rings is 1. The van der Waals surface area contributed by atoms with Gasteiger partial charge in [-0.05, 0) is 53.2 Å². The Morgan fingerprint density at radius 1 is 1.24 bits per heavy atom. The number of β-lactam (4-membered cyclic amide) rings is 1. The van der Waals surface area contributed by atoms with Crippen molar-refractivity contribution in [3.05, 3.63) is 35.5 Å². The summed E-state index contributed by atoms with van der Waals surface area (Å²) in [5.41, 5.74) is 0.828. The predicted octanol–water partition coefficient (Wildman–Crippen LogP) is 0.413. The summed E-state index contributed by atoms with van der Waals surface area (Å²) < 4.78 is 42.3. The van der Waals surface area contributed by atoms with Gasteiger partial charge in [0.05, 0.1) is 6.04 Å². The average molecular weight is 553 g/mol. The van der Waals surface area contributed by atoms with Crippen LogP contribution in [0.25, 0.3) is 0 Å². The van der Waals surface area contributed by atoms with E-state index in [-0.39, 0.29) is 58.5 Å². The molecular formula is C21H18F3N7O6S. The molecule has 4 heterocycles. The third-order valence-electron chi connectivity index (χ3n) is 6.30. The standard InChI is InChI=1S/C21H18F3N7O6S/c22-21(23,24)19(36)37-10-3-1-9(2-4-10)26-13(32)7-30-20(27-28-29-30)38-8-12-11-5-6-25-14-15(11)31(17(14)33)16(12)18(34)35/h1-4,11,14-15,25H,5-8H2,(H,26,32)(H,34,35)/t11?,14-,15+/m0/s1. The number of aromatic nitrogens is 4. The van der Waals surface area contributed by atoms with Crippen LogP contribution in [-0.2, 0) is 25.7 Å². The van der Waals surface area contributed by atoms with Crippen LogP contribution in [0, 0.1) is 5.92 Å².